The molecule has 32 heavy (non-hydrogen) atoms. The SMILES string of the molecule is CCCn1c(=O)c2sc(N3CCCC3)nc2n(CC(=O)N[C@@H]2CCc3ccccc32)c1=O. The van der Waals surface area contributed by atoms with Crippen molar-refractivity contribution < 1.29 is 4.79 Å². The van der Waals surface area contributed by atoms with Crippen molar-refractivity contribution in [2.45, 2.75) is 58.2 Å². The van der Waals surface area contributed by atoms with Gasteiger partial charge in [0.2, 0.25) is 5.91 Å². The van der Waals surface area contributed by atoms with Gasteiger partial charge in [-0.1, -0.05) is 42.5 Å². The lowest BCUT2D eigenvalue weighted by atomic mass is 10.1. The van der Waals surface area contributed by atoms with Crippen LogP contribution in [-0.4, -0.2) is 33.1 Å². The smallest absolute Gasteiger partial charge is 0.333 e. The highest BCUT2D eigenvalue weighted by Gasteiger charge is 2.26. The fourth-order valence-electron chi connectivity index (χ4n) is 4.77. The number of benzene rings is 1. The quantitative estimate of drug-likeness (QED) is 0.619. The lowest BCUT2D eigenvalue weighted by molar-refractivity contribution is -0.122. The van der Waals surface area contributed by atoms with Crippen molar-refractivity contribution in [1.82, 2.24) is 19.4 Å². The minimum Gasteiger partial charge on any atom is -0.348 e. The van der Waals surface area contributed by atoms with Crippen LogP contribution in [0.2, 0.25) is 0 Å². The average Bonchev–Trinajstić information content (AvgIpc) is 3.54. The van der Waals surface area contributed by atoms with Crippen LogP contribution >= 0.6 is 11.3 Å². The number of aryl methyl sites for hydroxylation is 1. The Labute approximate surface area is 189 Å². The first kappa shape index (κ1) is 20.9. The molecule has 1 N–H and O–H groups in total. The van der Waals surface area contributed by atoms with Crippen LogP contribution < -0.4 is 21.5 Å². The highest BCUT2D eigenvalue weighted by molar-refractivity contribution is 7.22. The maximum absolute atomic E-state index is 13.2. The number of nitrogens with zero attached hydrogens (tertiary/aromatic N) is 4. The van der Waals surface area contributed by atoms with Gasteiger partial charge in [-0.2, -0.15) is 0 Å². The summed E-state index contributed by atoms with van der Waals surface area (Å²) in [6.45, 7) is 3.89. The van der Waals surface area contributed by atoms with Crippen molar-refractivity contribution in [3.8, 4) is 0 Å². The van der Waals surface area contributed by atoms with E-state index in [1.807, 2.05) is 25.1 Å². The Morgan fingerprint density at radius 2 is 1.97 bits per heavy atom. The van der Waals surface area contributed by atoms with Crippen molar-refractivity contribution in [2.24, 2.45) is 0 Å². The van der Waals surface area contributed by atoms with Gasteiger partial charge in [-0.3, -0.25) is 18.7 Å². The molecular formula is C23H27N5O3S. The second-order valence-electron chi connectivity index (χ2n) is 8.53. The average molecular weight is 454 g/mol. The summed E-state index contributed by atoms with van der Waals surface area (Å²) in [4.78, 5) is 46.0. The number of rotatable bonds is 6. The number of hydrogen-bond acceptors (Lipinski definition) is 6. The number of fused-ring (bicyclic) bond motifs is 2. The Balaban J connectivity index is 1.50. The molecule has 8 nitrogen and oxygen atoms in total. The van der Waals surface area contributed by atoms with Gasteiger partial charge in [0.15, 0.2) is 10.8 Å². The number of thiazole rings is 1. The monoisotopic (exact) mass is 453 g/mol. The molecule has 1 aromatic carbocycles. The molecule has 0 unspecified atom stereocenters. The molecule has 0 bridgehead atoms. The molecule has 2 aromatic heterocycles. The first-order valence-electron chi connectivity index (χ1n) is 11.3. The van der Waals surface area contributed by atoms with Crippen LogP contribution in [0.5, 0.6) is 0 Å². The van der Waals surface area contributed by atoms with Gasteiger partial charge in [0, 0.05) is 19.6 Å². The number of carbonyl (C=O) groups is 1. The maximum Gasteiger partial charge on any atom is 0.333 e. The molecule has 0 spiro atoms. The van der Waals surface area contributed by atoms with Crippen LogP contribution in [0.1, 0.15) is 49.8 Å². The van der Waals surface area contributed by atoms with E-state index in [1.54, 1.807) is 0 Å². The lowest BCUT2D eigenvalue weighted by Crippen LogP contribution is -2.42. The third kappa shape index (κ3) is 3.64. The predicted octanol–water partition coefficient (Wildman–Crippen LogP) is 2.43. The zero-order valence-corrected chi connectivity index (χ0v) is 19.0. The molecule has 5 rings (SSSR count). The minimum atomic E-state index is -0.468. The van der Waals surface area contributed by atoms with Gasteiger partial charge in [0.1, 0.15) is 11.2 Å². The summed E-state index contributed by atoms with van der Waals surface area (Å²) in [7, 11) is 0. The molecule has 1 fully saturated rings. The van der Waals surface area contributed by atoms with Gasteiger partial charge in [-0.15, -0.1) is 0 Å². The van der Waals surface area contributed by atoms with Gasteiger partial charge in [-0.05, 0) is 43.2 Å². The van der Waals surface area contributed by atoms with Crippen LogP contribution in [0.4, 0.5) is 5.13 Å². The first-order valence-corrected chi connectivity index (χ1v) is 12.1. The molecule has 1 atom stereocenters. The van der Waals surface area contributed by atoms with E-state index in [0.29, 0.717) is 23.3 Å². The van der Waals surface area contributed by atoms with Gasteiger partial charge in [0.05, 0.1) is 6.04 Å². The zero-order valence-electron chi connectivity index (χ0n) is 18.2. The molecule has 2 aliphatic rings. The highest BCUT2D eigenvalue weighted by Crippen LogP contribution is 2.31. The lowest BCUT2D eigenvalue weighted by Gasteiger charge is -2.16. The molecule has 1 amide bonds. The summed E-state index contributed by atoms with van der Waals surface area (Å²) in [6.07, 6.45) is 4.62. The van der Waals surface area contributed by atoms with Gasteiger partial charge in [0.25, 0.3) is 5.56 Å². The van der Waals surface area contributed by atoms with Crippen LogP contribution in [0.25, 0.3) is 10.3 Å². The summed E-state index contributed by atoms with van der Waals surface area (Å²) >= 11 is 1.32. The van der Waals surface area contributed by atoms with Crippen molar-refractivity contribution in [1.29, 1.82) is 0 Å². The molecule has 3 heterocycles. The van der Waals surface area contributed by atoms with E-state index in [-0.39, 0.29) is 24.1 Å². The fourth-order valence-corrected chi connectivity index (χ4v) is 5.84. The Kier molecular flexibility index (Phi) is 5.58. The van der Waals surface area contributed by atoms with Crippen molar-refractivity contribution >= 4 is 32.7 Å². The largest absolute Gasteiger partial charge is 0.348 e. The molecule has 1 saturated heterocycles. The topological polar surface area (TPSA) is 89.2 Å². The second kappa shape index (κ2) is 8.54. The molecule has 1 aliphatic carbocycles. The van der Waals surface area contributed by atoms with Crippen molar-refractivity contribution in [3.63, 3.8) is 0 Å². The Morgan fingerprint density at radius 1 is 1.19 bits per heavy atom. The van der Waals surface area contributed by atoms with E-state index in [9.17, 15) is 14.4 Å². The van der Waals surface area contributed by atoms with Crippen LogP contribution in [-0.2, 0) is 24.3 Å². The second-order valence-corrected chi connectivity index (χ2v) is 9.50. The van der Waals surface area contributed by atoms with E-state index < -0.39 is 5.69 Å². The molecular weight excluding hydrogens is 426 g/mol. The Morgan fingerprint density at radius 3 is 2.75 bits per heavy atom. The van der Waals surface area contributed by atoms with Crippen LogP contribution in [0.15, 0.2) is 33.9 Å². The number of hydrogen-bond donors (Lipinski definition) is 1. The van der Waals surface area contributed by atoms with Crippen molar-refractivity contribution in [3.05, 3.63) is 56.2 Å². The molecule has 9 heteroatoms. The number of anilines is 1. The molecule has 168 valence electrons. The summed E-state index contributed by atoms with van der Waals surface area (Å²) in [5.41, 5.74) is 1.94. The summed E-state index contributed by atoms with van der Waals surface area (Å²) in [6, 6.07) is 8.07. The Bertz CT molecular complexity index is 1290. The van der Waals surface area contributed by atoms with E-state index in [0.717, 1.165) is 49.5 Å². The summed E-state index contributed by atoms with van der Waals surface area (Å²) < 4.78 is 3.06. The predicted molar refractivity (Wildman–Crippen MR) is 126 cm³/mol. The fraction of sp³-hybridized carbons (Fsp3) is 0.478. The molecule has 1 aliphatic heterocycles. The summed E-state index contributed by atoms with van der Waals surface area (Å²) in [5, 5.41) is 3.83. The summed E-state index contributed by atoms with van der Waals surface area (Å²) in [5.74, 6) is -0.243. The van der Waals surface area contributed by atoms with Gasteiger partial charge in [-0.25, -0.2) is 9.78 Å². The number of carbonyl (C=O) groups excluding carboxylic acids is 1. The maximum atomic E-state index is 13.2. The van der Waals surface area contributed by atoms with Crippen molar-refractivity contribution in [2.75, 3.05) is 18.0 Å². The molecule has 0 saturated carbocycles. The number of aromatic nitrogens is 3. The van der Waals surface area contributed by atoms with Gasteiger partial charge < -0.3 is 10.2 Å². The molecule has 3 aromatic rings. The first-order chi connectivity index (χ1) is 15.6. The van der Waals surface area contributed by atoms with E-state index in [2.05, 4.69) is 21.3 Å². The normalized spacial score (nSPS) is 17.8. The minimum absolute atomic E-state index is 0.0537. The van der Waals surface area contributed by atoms with E-state index in [1.165, 1.54) is 26.0 Å². The van der Waals surface area contributed by atoms with Crippen LogP contribution in [0.3, 0.4) is 0 Å². The third-order valence-electron chi connectivity index (χ3n) is 6.35. The van der Waals surface area contributed by atoms with E-state index >= 15 is 0 Å². The Hall–Kier alpha value is -2.94. The van der Waals surface area contributed by atoms with Crippen LogP contribution in [0, 0.1) is 0 Å². The number of amides is 1. The molecule has 0 radical (unpaired) electrons. The standard InChI is InChI=1S/C23H27N5O3S/c1-2-11-27-21(30)19-20(25-22(32-19)26-12-5-6-13-26)28(23(27)31)14-18(29)24-17-10-9-15-7-3-4-8-16(15)17/h3-4,7-8,17H,2,5-6,9-14H2,1H3,(H,24,29)/t17-/m1/s1. The zero-order chi connectivity index (χ0) is 22.2. The number of nitrogens with one attached hydrogen (secondary N) is 1. The van der Waals surface area contributed by atoms with Gasteiger partial charge >= 0.3 is 5.69 Å². The highest BCUT2D eigenvalue weighted by atomic mass is 32.1. The van der Waals surface area contributed by atoms with E-state index in [4.69, 9.17) is 0 Å². The third-order valence-corrected chi connectivity index (χ3v) is 7.44.